The number of hydrogen-bond acceptors (Lipinski definition) is 4. The summed E-state index contributed by atoms with van der Waals surface area (Å²) in [6, 6.07) is 5.42. The number of carbonyl (C=O) groups is 1. The minimum absolute atomic E-state index is 0.00936. The number of aromatic nitrogens is 1. The molecular weight excluding hydrogens is 302 g/mol. The zero-order chi connectivity index (χ0) is 17.6. The maximum Gasteiger partial charge on any atom is 0.324 e. The average molecular weight is 331 g/mol. The van der Waals surface area contributed by atoms with Gasteiger partial charge in [0.05, 0.1) is 5.69 Å². The van der Waals surface area contributed by atoms with Crippen molar-refractivity contribution in [3.8, 4) is 0 Å². The SMILES string of the molecule is CC(C)(C)C=CC(C(=O)O)N1CCCN(Cc2ccccn2)CC1. The fraction of sp³-hybridized carbons (Fsp3) is 0.579. The summed E-state index contributed by atoms with van der Waals surface area (Å²) in [5, 5.41) is 9.60. The molecule has 0 radical (unpaired) electrons. The van der Waals surface area contributed by atoms with E-state index >= 15 is 0 Å². The normalized spacial score (nSPS) is 19.3. The molecule has 1 atom stereocenters. The molecule has 1 saturated heterocycles. The van der Waals surface area contributed by atoms with Gasteiger partial charge in [-0.2, -0.15) is 0 Å². The third kappa shape index (κ3) is 6.06. The monoisotopic (exact) mass is 331 g/mol. The number of hydrogen-bond donors (Lipinski definition) is 1. The van der Waals surface area contributed by atoms with Gasteiger partial charge in [-0.15, -0.1) is 0 Å². The minimum Gasteiger partial charge on any atom is -0.480 e. The molecule has 0 aromatic carbocycles. The lowest BCUT2D eigenvalue weighted by Crippen LogP contribution is -2.42. The molecule has 0 saturated carbocycles. The Morgan fingerprint density at radius 3 is 2.71 bits per heavy atom. The number of rotatable bonds is 5. The van der Waals surface area contributed by atoms with Gasteiger partial charge in [-0.3, -0.25) is 19.6 Å². The second-order valence-corrected chi connectivity index (χ2v) is 7.49. The maximum absolute atomic E-state index is 11.7. The smallest absolute Gasteiger partial charge is 0.324 e. The van der Waals surface area contributed by atoms with Gasteiger partial charge in [0.2, 0.25) is 0 Å². The highest BCUT2D eigenvalue weighted by molar-refractivity contribution is 5.75. The van der Waals surface area contributed by atoms with Crippen LogP contribution in [0.4, 0.5) is 0 Å². The Hall–Kier alpha value is -1.72. The van der Waals surface area contributed by atoms with Crippen LogP contribution in [0.3, 0.4) is 0 Å². The lowest BCUT2D eigenvalue weighted by molar-refractivity contribution is -0.141. The van der Waals surface area contributed by atoms with Crippen LogP contribution in [0.2, 0.25) is 0 Å². The first-order valence-corrected chi connectivity index (χ1v) is 8.64. The predicted molar refractivity (Wildman–Crippen MR) is 95.7 cm³/mol. The Morgan fingerprint density at radius 2 is 2.08 bits per heavy atom. The van der Waals surface area contributed by atoms with Crippen LogP contribution in [-0.4, -0.2) is 58.1 Å². The quantitative estimate of drug-likeness (QED) is 0.841. The Balaban J connectivity index is 1.97. The van der Waals surface area contributed by atoms with Crippen molar-refractivity contribution < 1.29 is 9.90 Å². The number of aliphatic carboxylic acids is 1. The van der Waals surface area contributed by atoms with Gasteiger partial charge in [0.25, 0.3) is 0 Å². The highest BCUT2D eigenvalue weighted by Gasteiger charge is 2.26. The number of allylic oxidation sites excluding steroid dienone is 1. The number of carboxylic acids is 1. The molecule has 5 nitrogen and oxygen atoms in total. The summed E-state index contributed by atoms with van der Waals surface area (Å²) >= 11 is 0. The summed E-state index contributed by atoms with van der Waals surface area (Å²) in [6.07, 6.45) is 6.64. The van der Waals surface area contributed by atoms with Crippen molar-refractivity contribution in [3.63, 3.8) is 0 Å². The summed E-state index contributed by atoms with van der Waals surface area (Å²) in [6.45, 7) is 10.5. The summed E-state index contributed by atoms with van der Waals surface area (Å²) in [4.78, 5) is 20.5. The van der Waals surface area contributed by atoms with Gasteiger partial charge in [-0.25, -0.2) is 0 Å². The highest BCUT2D eigenvalue weighted by Crippen LogP contribution is 2.17. The topological polar surface area (TPSA) is 56.7 Å². The van der Waals surface area contributed by atoms with Crippen molar-refractivity contribution in [2.24, 2.45) is 5.41 Å². The molecule has 0 bridgehead atoms. The Bertz CT molecular complexity index is 551. The predicted octanol–water partition coefficient (Wildman–Crippen LogP) is 2.64. The molecule has 132 valence electrons. The summed E-state index contributed by atoms with van der Waals surface area (Å²) in [5.74, 6) is -0.770. The van der Waals surface area contributed by atoms with Crippen LogP contribution in [0.1, 0.15) is 32.9 Å². The van der Waals surface area contributed by atoms with Crippen LogP contribution < -0.4 is 0 Å². The molecule has 1 aliphatic heterocycles. The van der Waals surface area contributed by atoms with E-state index in [0.29, 0.717) is 0 Å². The number of nitrogens with zero attached hydrogens (tertiary/aromatic N) is 3. The van der Waals surface area contributed by atoms with E-state index in [1.165, 1.54) is 0 Å². The van der Waals surface area contributed by atoms with Gasteiger partial charge >= 0.3 is 5.97 Å². The van der Waals surface area contributed by atoms with Gasteiger partial charge in [0, 0.05) is 32.4 Å². The molecule has 1 aromatic heterocycles. The van der Waals surface area contributed by atoms with Crippen LogP contribution in [0.15, 0.2) is 36.5 Å². The zero-order valence-corrected chi connectivity index (χ0v) is 15.0. The van der Waals surface area contributed by atoms with Crippen LogP contribution in [0.25, 0.3) is 0 Å². The Morgan fingerprint density at radius 1 is 1.29 bits per heavy atom. The molecule has 2 rings (SSSR count). The Labute approximate surface area is 145 Å². The number of pyridine rings is 1. The first kappa shape index (κ1) is 18.6. The first-order valence-electron chi connectivity index (χ1n) is 8.64. The van der Waals surface area contributed by atoms with Crippen LogP contribution in [0, 0.1) is 5.41 Å². The molecule has 5 heteroatoms. The fourth-order valence-electron chi connectivity index (χ4n) is 2.89. The van der Waals surface area contributed by atoms with Gasteiger partial charge in [0.1, 0.15) is 6.04 Å². The molecular formula is C19H29N3O2. The van der Waals surface area contributed by atoms with E-state index in [4.69, 9.17) is 0 Å². The standard InChI is InChI=1S/C19H29N3O2/c1-19(2,3)9-8-17(18(23)24)22-12-6-11-21(13-14-22)15-16-7-4-5-10-20-16/h4-5,7-10,17H,6,11-15H2,1-3H3,(H,23,24). The minimum atomic E-state index is -0.770. The van der Waals surface area contributed by atoms with Crippen molar-refractivity contribution in [1.82, 2.24) is 14.8 Å². The third-order valence-electron chi connectivity index (χ3n) is 4.16. The summed E-state index contributed by atoms with van der Waals surface area (Å²) in [7, 11) is 0. The molecule has 2 heterocycles. The van der Waals surface area contributed by atoms with Gasteiger partial charge in [-0.1, -0.05) is 39.0 Å². The maximum atomic E-state index is 11.7. The van der Waals surface area contributed by atoms with Gasteiger partial charge in [-0.05, 0) is 30.5 Å². The summed E-state index contributed by atoms with van der Waals surface area (Å²) in [5.41, 5.74) is 1.05. The van der Waals surface area contributed by atoms with Crippen LogP contribution >= 0.6 is 0 Å². The van der Waals surface area contributed by atoms with Crippen molar-refractivity contribution in [3.05, 3.63) is 42.2 Å². The molecule has 0 spiro atoms. The van der Waals surface area contributed by atoms with E-state index in [-0.39, 0.29) is 5.41 Å². The first-order chi connectivity index (χ1) is 11.3. The second kappa shape index (κ2) is 8.40. The van der Waals surface area contributed by atoms with Crippen LogP contribution in [-0.2, 0) is 11.3 Å². The van der Waals surface area contributed by atoms with Gasteiger partial charge in [0.15, 0.2) is 0 Å². The molecule has 1 N–H and O–H groups in total. The van der Waals surface area contributed by atoms with Crippen molar-refractivity contribution in [2.75, 3.05) is 26.2 Å². The molecule has 1 aromatic rings. The lowest BCUT2D eigenvalue weighted by atomic mass is 9.95. The number of carboxylic acid groups (broad SMARTS) is 1. The zero-order valence-electron chi connectivity index (χ0n) is 15.0. The van der Waals surface area contributed by atoms with Crippen molar-refractivity contribution in [1.29, 1.82) is 0 Å². The van der Waals surface area contributed by atoms with Crippen molar-refractivity contribution in [2.45, 2.75) is 39.8 Å². The lowest BCUT2D eigenvalue weighted by Gasteiger charge is -2.26. The Kier molecular flexibility index (Phi) is 6.52. The van der Waals surface area contributed by atoms with E-state index < -0.39 is 12.0 Å². The van der Waals surface area contributed by atoms with E-state index in [1.54, 1.807) is 0 Å². The molecule has 1 aliphatic rings. The van der Waals surface area contributed by atoms with E-state index in [1.807, 2.05) is 36.5 Å². The second-order valence-electron chi connectivity index (χ2n) is 7.49. The molecule has 24 heavy (non-hydrogen) atoms. The fourth-order valence-corrected chi connectivity index (χ4v) is 2.89. The van der Waals surface area contributed by atoms with Crippen LogP contribution in [0.5, 0.6) is 0 Å². The van der Waals surface area contributed by atoms with E-state index in [2.05, 4.69) is 35.6 Å². The highest BCUT2D eigenvalue weighted by atomic mass is 16.4. The summed E-state index contributed by atoms with van der Waals surface area (Å²) < 4.78 is 0. The van der Waals surface area contributed by atoms with Crippen molar-refractivity contribution >= 4 is 5.97 Å². The third-order valence-corrected chi connectivity index (χ3v) is 4.16. The molecule has 1 fully saturated rings. The molecule has 0 aliphatic carbocycles. The molecule has 0 amide bonds. The van der Waals surface area contributed by atoms with E-state index in [0.717, 1.165) is 44.8 Å². The van der Waals surface area contributed by atoms with Gasteiger partial charge < -0.3 is 5.11 Å². The average Bonchev–Trinajstić information content (AvgIpc) is 2.73. The van der Waals surface area contributed by atoms with E-state index in [9.17, 15) is 9.90 Å². The molecule has 1 unspecified atom stereocenters. The largest absolute Gasteiger partial charge is 0.480 e.